The Kier molecular flexibility index (Phi) is 1.93. The highest BCUT2D eigenvalue weighted by Gasteiger charge is 2.05. The van der Waals surface area contributed by atoms with Crippen LogP contribution in [0.15, 0.2) is 22.7 Å². The summed E-state index contributed by atoms with van der Waals surface area (Å²) in [6.07, 6.45) is 2.71. The summed E-state index contributed by atoms with van der Waals surface area (Å²) in [5.74, 6) is 2.60. The highest BCUT2D eigenvalue weighted by Crippen LogP contribution is 2.18. The van der Waals surface area contributed by atoms with E-state index >= 15 is 0 Å². The summed E-state index contributed by atoms with van der Waals surface area (Å²) in [6.45, 7) is 4.04. The SMILES string of the molecule is CCc1ccc(-c2ncc(C)[nH]2)o1. The number of nitrogens with zero attached hydrogens (tertiary/aromatic N) is 1. The number of aromatic amines is 1. The summed E-state index contributed by atoms with van der Waals surface area (Å²) in [5.41, 5.74) is 1.05. The zero-order valence-corrected chi connectivity index (χ0v) is 7.79. The molecule has 1 N–H and O–H groups in total. The molecule has 2 rings (SSSR count). The molecule has 3 heteroatoms. The van der Waals surface area contributed by atoms with Gasteiger partial charge in [-0.2, -0.15) is 0 Å². The molecule has 2 aromatic heterocycles. The molecule has 2 heterocycles. The van der Waals surface area contributed by atoms with Crippen molar-refractivity contribution in [1.82, 2.24) is 9.97 Å². The molecule has 0 spiro atoms. The van der Waals surface area contributed by atoms with E-state index in [4.69, 9.17) is 4.42 Å². The maximum atomic E-state index is 5.54. The Morgan fingerprint density at radius 2 is 2.31 bits per heavy atom. The number of nitrogens with one attached hydrogen (secondary N) is 1. The molecule has 68 valence electrons. The monoisotopic (exact) mass is 176 g/mol. The van der Waals surface area contributed by atoms with Crippen LogP contribution < -0.4 is 0 Å². The van der Waals surface area contributed by atoms with Crippen LogP contribution in [-0.4, -0.2) is 9.97 Å². The van der Waals surface area contributed by atoms with Crippen LogP contribution in [0.1, 0.15) is 18.4 Å². The first-order chi connectivity index (χ1) is 6.29. The van der Waals surface area contributed by atoms with Gasteiger partial charge in [-0.1, -0.05) is 6.92 Å². The van der Waals surface area contributed by atoms with Crippen LogP contribution in [0.5, 0.6) is 0 Å². The number of rotatable bonds is 2. The Balaban J connectivity index is 2.35. The Morgan fingerprint density at radius 3 is 2.85 bits per heavy atom. The summed E-state index contributed by atoms with van der Waals surface area (Å²) >= 11 is 0. The molecular formula is C10H12N2O. The molecule has 0 atom stereocenters. The quantitative estimate of drug-likeness (QED) is 0.764. The molecule has 0 aliphatic carbocycles. The minimum atomic E-state index is 0.803. The van der Waals surface area contributed by atoms with Crippen molar-refractivity contribution in [3.8, 4) is 11.6 Å². The molecule has 0 saturated heterocycles. The van der Waals surface area contributed by atoms with Crippen molar-refractivity contribution in [2.24, 2.45) is 0 Å². The Morgan fingerprint density at radius 1 is 1.46 bits per heavy atom. The summed E-state index contributed by atoms with van der Waals surface area (Å²) in [4.78, 5) is 7.31. The molecule has 0 amide bonds. The van der Waals surface area contributed by atoms with E-state index in [1.165, 1.54) is 0 Å². The fourth-order valence-corrected chi connectivity index (χ4v) is 1.23. The van der Waals surface area contributed by atoms with Crippen molar-refractivity contribution in [3.63, 3.8) is 0 Å². The van der Waals surface area contributed by atoms with Crippen LogP contribution in [0, 0.1) is 6.92 Å². The lowest BCUT2D eigenvalue weighted by atomic mass is 10.3. The second-order valence-corrected chi connectivity index (χ2v) is 3.03. The zero-order chi connectivity index (χ0) is 9.26. The van der Waals surface area contributed by atoms with Crippen molar-refractivity contribution in [1.29, 1.82) is 0 Å². The third-order valence-corrected chi connectivity index (χ3v) is 1.95. The molecule has 2 aromatic rings. The number of aromatic nitrogens is 2. The predicted molar refractivity (Wildman–Crippen MR) is 50.4 cm³/mol. The first-order valence-electron chi connectivity index (χ1n) is 4.40. The molecule has 0 fully saturated rings. The highest BCUT2D eigenvalue weighted by atomic mass is 16.3. The van der Waals surface area contributed by atoms with E-state index in [2.05, 4.69) is 16.9 Å². The maximum absolute atomic E-state index is 5.54. The molecule has 0 radical (unpaired) electrons. The van der Waals surface area contributed by atoms with Gasteiger partial charge >= 0.3 is 0 Å². The first-order valence-corrected chi connectivity index (χ1v) is 4.40. The highest BCUT2D eigenvalue weighted by molar-refractivity contribution is 5.47. The second-order valence-electron chi connectivity index (χ2n) is 3.03. The van der Waals surface area contributed by atoms with Crippen molar-refractivity contribution >= 4 is 0 Å². The Labute approximate surface area is 76.8 Å². The summed E-state index contributed by atoms with van der Waals surface area (Å²) < 4.78 is 5.54. The van der Waals surface area contributed by atoms with Gasteiger partial charge in [-0.3, -0.25) is 0 Å². The van der Waals surface area contributed by atoms with Crippen molar-refractivity contribution in [3.05, 3.63) is 29.8 Å². The van der Waals surface area contributed by atoms with Gasteiger partial charge in [-0.05, 0) is 19.1 Å². The fourth-order valence-electron chi connectivity index (χ4n) is 1.23. The van der Waals surface area contributed by atoms with Crippen LogP contribution in [0.25, 0.3) is 11.6 Å². The van der Waals surface area contributed by atoms with Crippen LogP contribution in [0.3, 0.4) is 0 Å². The van der Waals surface area contributed by atoms with Gasteiger partial charge in [0.15, 0.2) is 11.6 Å². The summed E-state index contributed by atoms with van der Waals surface area (Å²) in [5, 5.41) is 0. The normalized spacial score (nSPS) is 10.6. The molecule has 0 unspecified atom stereocenters. The topological polar surface area (TPSA) is 41.8 Å². The molecule has 0 bridgehead atoms. The standard InChI is InChI=1S/C10H12N2O/c1-3-8-4-5-9(13-8)10-11-6-7(2)12-10/h4-6H,3H2,1-2H3,(H,11,12). The molecule has 13 heavy (non-hydrogen) atoms. The molecule has 3 nitrogen and oxygen atoms in total. The van der Waals surface area contributed by atoms with E-state index in [9.17, 15) is 0 Å². The third-order valence-electron chi connectivity index (χ3n) is 1.95. The number of H-pyrrole nitrogens is 1. The third kappa shape index (κ3) is 1.49. The summed E-state index contributed by atoms with van der Waals surface area (Å²) in [7, 11) is 0. The molecule has 0 aromatic carbocycles. The van der Waals surface area contributed by atoms with Gasteiger partial charge in [-0.25, -0.2) is 4.98 Å². The lowest BCUT2D eigenvalue weighted by Gasteiger charge is -1.89. The Bertz CT molecular complexity index is 400. The van der Waals surface area contributed by atoms with E-state index in [0.29, 0.717) is 0 Å². The predicted octanol–water partition coefficient (Wildman–Crippen LogP) is 2.54. The minimum Gasteiger partial charge on any atom is -0.458 e. The van der Waals surface area contributed by atoms with Crippen LogP contribution in [0.4, 0.5) is 0 Å². The van der Waals surface area contributed by atoms with E-state index < -0.39 is 0 Å². The fraction of sp³-hybridized carbons (Fsp3) is 0.300. The van der Waals surface area contributed by atoms with Crippen LogP contribution >= 0.6 is 0 Å². The van der Waals surface area contributed by atoms with E-state index in [1.54, 1.807) is 6.20 Å². The second kappa shape index (κ2) is 3.09. The average Bonchev–Trinajstić information content (AvgIpc) is 2.71. The Hall–Kier alpha value is -1.51. The van der Waals surface area contributed by atoms with E-state index in [1.807, 2.05) is 19.1 Å². The van der Waals surface area contributed by atoms with Crippen LogP contribution in [-0.2, 0) is 6.42 Å². The van der Waals surface area contributed by atoms with Crippen molar-refractivity contribution in [2.45, 2.75) is 20.3 Å². The minimum absolute atomic E-state index is 0.803. The van der Waals surface area contributed by atoms with E-state index in [-0.39, 0.29) is 0 Å². The van der Waals surface area contributed by atoms with Gasteiger partial charge in [0.25, 0.3) is 0 Å². The van der Waals surface area contributed by atoms with Gasteiger partial charge < -0.3 is 9.40 Å². The number of hydrogen-bond donors (Lipinski definition) is 1. The van der Waals surface area contributed by atoms with Crippen molar-refractivity contribution in [2.75, 3.05) is 0 Å². The molecule has 0 saturated carbocycles. The van der Waals surface area contributed by atoms with Crippen LogP contribution in [0.2, 0.25) is 0 Å². The number of furan rings is 1. The van der Waals surface area contributed by atoms with Gasteiger partial charge in [0.05, 0.1) is 0 Å². The number of hydrogen-bond acceptors (Lipinski definition) is 2. The lowest BCUT2D eigenvalue weighted by Crippen LogP contribution is -1.76. The van der Waals surface area contributed by atoms with Gasteiger partial charge in [0, 0.05) is 18.3 Å². The molecule has 0 aliphatic heterocycles. The van der Waals surface area contributed by atoms with Crippen molar-refractivity contribution < 1.29 is 4.42 Å². The molecule has 0 aliphatic rings. The smallest absolute Gasteiger partial charge is 0.173 e. The first kappa shape index (κ1) is 8.10. The van der Waals surface area contributed by atoms with Gasteiger partial charge in [-0.15, -0.1) is 0 Å². The lowest BCUT2D eigenvalue weighted by molar-refractivity contribution is 0.526. The average molecular weight is 176 g/mol. The number of aryl methyl sites for hydroxylation is 2. The largest absolute Gasteiger partial charge is 0.458 e. The number of imidazole rings is 1. The van der Waals surface area contributed by atoms with Gasteiger partial charge in [0.1, 0.15) is 5.76 Å². The zero-order valence-electron chi connectivity index (χ0n) is 7.79. The van der Waals surface area contributed by atoms with E-state index in [0.717, 1.165) is 29.5 Å². The summed E-state index contributed by atoms with van der Waals surface area (Å²) in [6, 6.07) is 3.92. The van der Waals surface area contributed by atoms with Gasteiger partial charge in [0.2, 0.25) is 0 Å². The molecular weight excluding hydrogens is 164 g/mol. The maximum Gasteiger partial charge on any atom is 0.173 e.